The van der Waals surface area contributed by atoms with Gasteiger partial charge in [-0.3, -0.25) is 4.98 Å². The smallest absolute Gasteiger partial charge is 0.141 e. The number of pyridine rings is 1. The van der Waals surface area contributed by atoms with Crippen LogP contribution in [0.2, 0.25) is 5.02 Å². The highest BCUT2D eigenvalue weighted by Crippen LogP contribution is 2.25. The maximum Gasteiger partial charge on any atom is 0.141 e. The fourth-order valence-corrected chi connectivity index (χ4v) is 1.69. The van der Waals surface area contributed by atoms with Crippen molar-refractivity contribution in [3.8, 4) is 0 Å². The molecule has 0 saturated carbocycles. The van der Waals surface area contributed by atoms with E-state index in [0.29, 0.717) is 16.3 Å². The minimum Gasteiger partial charge on any atom is -0.382 e. The second-order valence-electron chi connectivity index (χ2n) is 3.81. The zero-order valence-corrected chi connectivity index (χ0v) is 9.95. The van der Waals surface area contributed by atoms with Crippen LogP contribution in [0.5, 0.6) is 0 Å². The molecule has 0 aliphatic heterocycles. The maximum atomic E-state index is 12.7. The van der Waals surface area contributed by atoms with Gasteiger partial charge in [-0.1, -0.05) is 23.7 Å². The maximum absolute atomic E-state index is 12.7. The third-order valence-corrected chi connectivity index (χ3v) is 2.95. The summed E-state index contributed by atoms with van der Waals surface area (Å²) in [4.78, 5) is 3.84. The summed E-state index contributed by atoms with van der Waals surface area (Å²) in [6.07, 6.45) is 0.183. The number of hydrogen-bond donors (Lipinski definition) is 1. The average molecular weight is 252 g/mol. The Balaban J connectivity index is 2.33. The molecule has 0 spiro atoms. The molecule has 2 rings (SSSR count). The van der Waals surface area contributed by atoms with E-state index < -0.39 is 11.9 Å². The van der Waals surface area contributed by atoms with Crippen LogP contribution in [0, 0.1) is 12.7 Å². The molecular weight excluding hydrogens is 241 g/mol. The predicted octanol–water partition coefficient (Wildman–Crippen LogP) is 3.26. The van der Waals surface area contributed by atoms with Crippen LogP contribution in [-0.2, 0) is 0 Å². The van der Waals surface area contributed by atoms with Crippen molar-refractivity contribution in [3.63, 3.8) is 0 Å². The van der Waals surface area contributed by atoms with Gasteiger partial charge >= 0.3 is 0 Å². The van der Waals surface area contributed by atoms with E-state index in [1.54, 1.807) is 12.1 Å². The third-order valence-electron chi connectivity index (χ3n) is 2.54. The number of halogens is 2. The standard InChI is InChI=1S/C13H11ClFNO/c1-8-2-3-9(6-11(8)14)13(17)12-5-4-10(15)7-16-12/h2-7,13,17H,1H3. The van der Waals surface area contributed by atoms with Gasteiger partial charge in [0.1, 0.15) is 11.9 Å². The molecule has 1 aromatic heterocycles. The minimum atomic E-state index is -0.895. The van der Waals surface area contributed by atoms with E-state index in [1.807, 2.05) is 13.0 Å². The van der Waals surface area contributed by atoms with Gasteiger partial charge in [-0.15, -0.1) is 0 Å². The van der Waals surface area contributed by atoms with E-state index in [2.05, 4.69) is 4.98 Å². The molecule has 1 atom stereocenters. The van der Waals surface area contributed by atoms with Crippen molar-refractivity contribution in [2.24, 2.45) is 0 Å². The largest absolute Gasteiger partial charge is 0.382 e. The second-order valence-corrected chi connectivity index (χ2v) is 4.22. The first kappa shape index (κ1) is 12.0. The molecule has 0 aliphatic rings. The van der Waals surface area contributed by atoms with Gasteiger partial charge in [0.25, 0.3) is 0 Å². The summed E-state index contributed by atoms with van der Waals surface area (Å²) in [7, 11) is 0. The molecule has 1 unspecified atom stereocenters. The zero-order chi connectivity index (χ0) is 12.4. The number of benzene rings is 1. The SMILES string of the molecule is Cc1ccc(C(O)c2ccc(F)cn2)cc1Cl. The Labute approximate surface area is 104 Å². The molecule has 0 radical (unpaired) electrons. The highest BCUT2D eigenvalue weighted by molar-refractivity contribution is 6.31. The van der Waals surface area contributed by atoms with Crippen LogP contribution < -0.4 is 0 Å². The lowest BCUT2D eigenvalue weighted by Crippen LogP contribution is -2.02. The summed E-state index contributed by atoms with van der Waals surface area (Å²) in [5.74, 6) is -0.428. The molecule has 2 nitrogen and oxygen atoms in total. The first-order chi connectivity index (χ1) is 8.08. The summed E-state index contributed by atoms with van der Waals surface area (Å²) in [5.41, 5.74) is 1.97. The van der Waals surface area contributed by atoms with Crippen molar-refractivity contribution in [1.29, 1.82) is 0 Å². The normalized spacial score (nSPS) is 12.5. The number of rotatable bonds is 2. The van der Waals surface area contributed by atoms with Gasteiger partial charge in [0, 0.05) is 5.02 Å². The monoisotopic (exact) mass is 251 g/mol. The molecule has 0 bridgehead atoms. The molecule has 1 N–H and O–H groups in total. The van der Waals surface area contributed by atoms with Crippen molar-refractivity contribution in [3.05, 3.63) is 64.2 Å². The number of aromatic nitrogens is 1. The molecule has 0 saturated heterocycles. The minimum absolute atomic E-state index is 0.395. The fourth-order valence-electron chi connectivity index (χ4n) is 1.50. The predicted molar refractivity (Wildman–Crippen MR) is 64.4 cm³/mol. The fraction of sp³-hybridized carbons (Fsp3) is 0.154. The summed E-state index contributed by atoms with van der Waals surface area (Å²) in [5, 5.41) is 10.6. The van der Waals surface area contributed by atoms with Crippen molar-refractivity contribution >= 4 is 11.6 Å². The molecular formula is C13H11ClFNO. The van der Waals surface area contributed by atoms with Crippen molar-refractivity contribution < 1.29 is 9.50 Å². The molecule has 1 heterocycles. The molecule has 17 heavy (non-hydrogen) atoms. The first-order valence-corrected chi connectivity index (χ1v) is 5.51. The van der Waals surface area contributed by atoms with Gasteiger partial charge in [0.15, 0.2) is 0 Å². The van der Waals surface area contributed by atoms with Gasteiger partial charge in [0.05, 0.1) is 11.9 Å². The number of aliphatic hydroxyl groups is 1. The quantitative estimate of drug-likeness (QED) is 0.889. The van der Waals surface area contributed by atoms with Crippen LogP contribution >= 0.6 is 11.6 Å². The van der Waals surface area contributed by atoms with E-state index in [9.17, 15) is 9.50 Å². The zero-order valence-electron chi connectivity index (χ0n) is 9.19. The molecule has 0 aliphatic carbocycles. The average Bonchev–Trinajstić information content (AvgIpc) is 2.33. The molecule has 1 aromatic carbocycles. The summed E-state index contributed by atoms with van der Waals surface area (Å²) in [6.45, 7) is 1.88. The van der Waals surface area contributed by atoms with Crippen molar-refractivity contribution in [2.45, 2.75) is 13.0 Å². The Morgan fingerprint density at radius 2 is 2.06 bits per heavy atom. The van der Waals surface area contributed by atoms with Crippen LogP contribution in [0.25, 0.3) is 0 Å². The highest BCUT2D eigenvalue weighted by atomic mass is 35.5. The lowest BCUT2D eigenvalue weighted by Gasteiger charge is -2.11. The molecule has 4 heteroatoms. The van der Waals surface area contributed by atoms with E-state index in [-0.39, 0.29) is 0 Å². The van der Waals surface area contributed by atoms with E-state index in [1.165, 1.54) is 12.1 Å². The van der Waals surface area contributed by atoms with Gasteiger partial charge in [0.2, 0.25) is 0 Å². The number of aliphatic hydroxyl groups excluding tert-OH is 1. The summed E-state index contributed by atoms with van der Waals surface area (Å²) < 4.78 is 12.7. The lowest BCUT2D eigenvalue weighted by molar-refractivity contribution is 0.215. The van der Waals surface area contributed by atoms with E-state index in [4.69, 9.17) is 11.6 Å². The van der Waals surface area contributed by atoms with Crippen LogP contribution in [0.4, 0.5) is 4.39 Å². The third kappa shape index (κ3) is 2.62. The molecule has 2 aromatic rings. The van der Waals surface area contributed by atoms with Crippen LogP contribution in [0.15, 0.2) is 36.5 Å². The van der Waals surface area contributed by atoms with Crippen LogP contribution in [-0.4, -0.2) is 10.1 Å². The van der Waals surface area contributed by atoms with Gasteiger partial charge < -0.3 is 5.11 Å². The first-order valence-electron chi connectivity index (χ1n) is 5.13. The summed E-state index contributed by atoms with van der Waals surface area (Å²) >= 11 is 5.98. The van der Waals surface area contributed by atoms with Crippen molar-refractivity contribution in [1.82, 2.24) is 4.98 Å². The molecule has 0 fully saturated rings. The van der Waals surface area contributed by atoms with Gasteiger partial charge in [-0.25, -0.2) is 4.39 Å². The Hall–Kier alpha value is -1.45. The second kappa shape index (κ2) is 4.82. The van der Waals surface area contributed by atoms with Gasteiger partial charge in [-0.2, -0.15) is 0 Å². The molecule has 88 valence electrons. The number of hydrogen-bond acceptors (Lipinski definition) is 2. The van der Waals surface area contributed by atoms with Crippen molar-refractivity contribution in [2.75, 3.05) is 0 Å². The Kier molecular flexibility index (Phi) is 3.41. The van der Waals surface area contributed by atoms with E-state index in [0.717, 1.165) is 11.8 Å². The van der Waals surface area contributed by atoms with Crippen LogP contribution in [0.3, 0.4) is 0 Å². The summed E-state index contributed by atoms with van der Waals surface area (Å²) in [6, 6.07) is 8.00. The Morgan fingerprint density at radius 3 is 2.65 bits per heavy atom. The molecule has 0 amide bonds. The lowest BCUT2D eigenvalue weighted by atomic mass is 10.0. The highest BCUT2D eigenvalue weighted by Gasteiger charge is 2.12. The van der Waals surface area contributed by atoms with E-state index >= 15 is 0 Å². The number of nitrogens with zero attached hydrogens (tertiary/aromatic N) is 1. The Morgan fingerprint density at radius 1 is 1.29 bits per heavy atom. The van der Waals surface area contributed by atoms with Gasteiger partial charge in [-0.05, 0) is 36.2 Å². The number of aryl methyl sites for hydroxylation is 1. The topological polar surface area (TPSA) is 33.1 Å². The van der Waals surface area contributed by atoms with Crippen LogP contribution in [0.1, 0.15) is 22.9 Å². The Bertz CT molecular complexity index is 527.